The highest BCUT2D eigenvalue weighted by Gasteiger charge is 2.54. The predicted molar refractivity (Wildman–Crippen MR) is 84.7 cm³/mol. The molecule has 1 saturated heterocycles. The third kappa shape index (κ3) is 2.81. The summed E-state index contributed by atoms with van der Waals surface area (Å²) in [4.78, 5) is 37.8. The Bertz CT molecular complexity index is 685. The van der Waals surface area contributed by atoms with Crippen LogP contribution in [0.2, 0.25) is 0 Å². The Morgan fingerprint density at radius 3 is 2.91 bits per heavy atom. The summed E-state index contributed by atoms with van der Waals surface area (Å²) in [6, 6.07) is 3.02. The monoisotopic (exact) mass is 354 g/mol. The third-order valence-electron chi connectivity index (χ3n) is 3.61. The van der Waals surface area contributed by atoms with Crippen LogP contribution in [0.4, 0.5) is 0 Å². The fourth-order valence-electron chi connectivity index (χ4n) is 2.54. The molecule has 1 fully saturated rings. The van der Waals surface area contributed by atoms with Gasteiger partial charge in [-0.3, -0.25) is 14.5 Å². The van der Waals surface area contributed by atoms with E-state index >= 15 is 0 Å². The summed E-state index contributed by atoms with van der Waals surface area (Å²) >= 11 is 2.85. The Balaban J connectivity index is 1.69. The van der Waals surface area contributed by atoms with Gasteiger partial charge in [0.25, 0.3) is 5.91 Å². The highest BCUT2D eigenvalue weighted by Crippen LogP contribution is 2.40. The molecule has 3 rings (SSSR count). The number of thiophene rings is 1. The van der Waals surface area contributed by atoms with E-state index in [-0.39, 0.29) is 23.8 Å². The molecule has 0 radical (unpaired) electrons. The van der Waals surface area contributed by atoms with E-state index in [9.17, 15) is 19.5 Å². The molecule has 0 saturated carbocycles. The molecule has 2 N–H and O–H groups in total. The van der Waals surface area contributed by atoms with Crippen LogP contribution in [0.5, 0.6) is 0 Å². The van der Waals surface area contributed by atoms with E-state index < -0.39 is 23.3 Å². The Hall–Kier alpha value is -2.00. The fraction of sp³-hybridized carbons (Fsp3) is 0.357. The van der Waals surface area contributed by atoms with Gasteiger partial charge in [0.1, 0.15) is 17.2 Å². The first kappa shape index (κ1) is 15.9. The van der Waals surface area contributed by atoms with Crippen molar-refractivity contribution in [2.75, 3.05) is 12.9 Å². The second-order valence-electron chi connectivity index (χ2n) is 4.99. The number of thioether (sulfide) groups is 1. The lowest BCUT2D eigenvalue weighted by Gasteiger charge is -2.48. The molecule has 3 heterocycles. The SMILES string of the molecule is COC1=C(C(=O)O)N2C(=O)C(NC(=O)Cc3cccs3)C2SC1. The molecule has 0 aliphatic carbocycles. The van der Waals surface area contributed by atoms with Crippen LogP contribution in [0.25, 0.3) is 0 Å². The molecule has 122 valence electrons. The molecule has 0 spiro atoms. The summed E-state index contributed by atoms with van der Waals surface area (Å²) in [6.07, 6.45) is 0.212. The number of carbonyl (C=O) groups excluding carboxylic acids is 2. The molecule has 2 unspecified atom stereocenters. The summed E-state index contributed by atoms with van der Waals surface area (Å²) in [5.41, 5.74) is -0.134. The van der Waals surface area contributed by atoms with Crippen LogP contribution < -0.4 is 5.32 Å². The number of carbonyl (C=O) groups is 3. The van der Waals surface area contributed by atoms with Crippen LogP contribution in [-0.4, -0.2) is 52.1 Å². The number of hydrogen-bond donors (Lipinski definition) is 2. The first-order valence-electron chi connectivity index (χ1n) is 6.79. The minimum Gasteiger partial charge on any atom is -0.498 e. The van der Waals surface area contributed by atoms with Crippen molar-refractivity contribution in [3.05, 3.63) is 33.8 Å². The molecular weight excluding hydrogens is 340 g/mol. The maximum Gasteiger partial charge on any atom is 0.356 e. The summed E-state index contributed by atoms with van der Waals surface area (Å²) in [5.74, 6) is -1.26. The van der Waals surface area contributed by atoms with Crippen LogP contribution in [0.3, 0.4) is 0 Å². The van der Waals surface area contributed by atoms with Crippen LogP contribution >= 0.6 is 23.1 Å². The first-order valence-corrected chi connectivity index (χ1v) is 8.72. The zero-order valence-corrected chi connectivity index (χ0v) is 13.8. The van der Waals surface area contributed by atoms with E-state index in [1.165, 1.54) is 35.1 Å². The van der Waals surface area contributed by atoms with Crippen LogP contribution in [0.1, 0.15) is 4.88 Å². The first-order chi connectivity index (χ1) is 11.0. The zero-order valence-electron chi connectivity index (χ0n) is 12.1. The topological polar surface area (TPSA) is 95.9 Å². The number of carboxylic acids is 1. The second kappa shape index (κ2) is 6.25. The molecular formula is C14H14N2O5S2. The number of methoxy groups -OCH3 is 1. The van der Waals surface area contributed by atoms with Crippen molar-refractivity contribution >= 4 is 40.9 Å². The van der Waals surface area contributed by atoms with Gasteiger partial charge < -0.3 is 15.2 Å². The van der Waals surface area contributed by atoms with Crippen molar-refractivity contribution in [3.8, 4) is 0 Å². The van der Waals surface area contributed by atoms with E-state index in [1.54, 1.807) is 0 Å². The maximum atomic E-state index is 12.3. The molecule has 2 aliphatic rings. The lowest BCUT2D eigenvalue weighted by Crippen LogP contribution is -2.70. The Kier molecular flexibility index (Phi) is 4.31. The highest BCUT2D eigenvalue weighted by atomic mass is 32.2. The smallest absolute Gasteiger partial charge is 0.356 e. The summed E-state index contributed by atoms with van der Waals surface area (Å²) in [6.45, 7) is 0. The van der Waals surface area contributed by atoms with E-state index in [2.05, 4.69) is 5.32 Å². The van der Waals surface area contributed by atoms with Gasteiger partial charge in [0, 0.05) is 4.88 Å². The third-order valence-corrected chi connectivity index (χ3v) is 5.74. The van der Waals surface area contributed by atoms with Crippen LogP contribution in [0.15, 0.2) is 29.0 Å². The van der Waals surface area contributed by atoms with Crippen molar-refractivity contribution < 1.29 is 24.2 Å². The Morgan fingerprint density at radius 1 is 1.52 bits per heavy atom. The number of amides is 2. The van der Waals surface area contributed by atoms with Crippen molar-refractivity contribution in [1.29, 1.82) is 0 Å². The largest absolute Gasteiger partial charge is 0.498 e. The number of rotatable bonds is 5. The van der Waals surface area contributed by atoms with Crippen molar-refractivity contribution in [1.82, 2.24) is 10.2 Å². The van der Waals surface area contributed by atoms with Crippen LogP contribution in [0, 0.1) is 0 Å². The van der Waals surface area contributed by atoms with Gasteiger partial charge in [0.05, 0.1) is 19.3 Å². The van der Waals surface area contributed by atoms with Gasteiger partial charge in [0.2, 0.25) is 5.91 Å². The fourth-order valence-corrected chi connectivity index (χ4v) is 4.56. The molecule has 9 heteroatoms. The Morgan fingerprint density at radius 2 is 2.30 bits per heavy atom. The average Bonchev–Trinajstić information content (AvgIpc) is 3.03. The highest BCUT2D eigenvalue weighted by molar-refractivity contribution is 8.00. The number of nitrogens with zero attached hydrogens (tertiary/aromatic N) is 1. The van der Waals surface area contributed by atoms with Gasteiger partial charge in [-0.05, 0) is 11.4 Å². The molecule has 1 aromatic heterocycles. The van der Waals surface area contributed by atoms with E-state index in [0.29, 0.717) is 5.75 Å². The molecule has 7 nitrogen and oxygen atoms in total. The van der Waals surface area contributed by atoms with Gasteiger partial charge in [-0.1, -0.05) is 6.07 Å². The molecule has 0 aromatic carbocycles. The molecule has 0 bridgehead atoms. The normalized spacial score (nSPS) is 23.2. The van der Waals surface area contributed by atoms with Crippen molar-refractivity contribution in [3.63, 3.8) is 0 Å². The Labute approximate surface area is 140 Å². The van der Waals surface area contributed by atoms with Gasteiger partial charge in [-0.15, -0.1) is 23.1 Å². The number of fused-ring (bicyclic) bond motifs is 1. The van der Waals surface area contributed by atoms with Gasteiger partial charge in [-0.25, -0.2) is 4.79 Å². The zero-order chi connectivity index (χ0) is 16.6. The van der Waals surface area contributed by atoms with E-state index in [4.69, 9.17) is 4.74 Å². The number of hydrogen-bond acceptors (Lipinski definition) is 6. The quantitative estimate of drug-likeness (QED) is 0.753. The second-order valence-corrected chi connectivity index (χ2v) is 7.13. The van der Waals surface area contributed by atoms with Gasteiger partial charge >= 0.3 is 5.97 Å². The van der Waals surface area contributed by atoms with Gasteiger partial charge in [-0.2, -0.15) is 0 Å². The molecule has 2 atom stereocenters. The average molecular weight is 354 g/mol. The van der Waals surface area contributed by atoms with Crippen molar-refractivity contribution in [2.24, 2.45) is 0 Å². The van der Waals surface area contributed by atoms with Gasteiger partial charge in [0.15, 0.2) is 5.70 Å². The lowest BCUT2D eigenvalue weighted by molar-refractivity contribution is -0.151. The minimum absolute atomic E-state index is 0.134. The standard InChI is InChI=1S/C14H14N2O5S2/c1-21-8-6-23-13-10(12(18)16(13)11(8)14(19)20)15-9(17)5-7-3-2-4-22-7/h2-4,10,13H,5-6H2,1H3,(H,15,17)(H,19,20). The number of carboxylic acid groups (broad SMARTS) is 1. The maximum absolute atomic E-state index is 12.3. The number of ether oxygens (including phenoxy) is 1. The molecule has 23 heavy (non-hydrogen) atoms. The summed E-state index contributed by atoms with van der Waals surface area (Å²) in [7, 11) is 1.38. The number of β-lactam (4-membered cyclic amide) rings is 1. The number of aliphatic carboxylic acids is 1. The number of nitrogens with one attached hydrogen (secondary N) is 1. The minimum atomic E-state index is -1.20. The molecule has 2 aliphatic heterocycles. The summed E-state index contributed by atoms with van der Waals surface area (Å²) < 4.78 is 5.05. The van der Waals surface area contributed by atoms with E-state index in [1.807, 2.05) is 17.5 Å². The molecule has 1 aromatic rings. The predicted octanol–water partition coefficient (Wildman–Crippen LogP) is 0.633. The van der Waals surface area contributed by atoms with Crippen molar-refractivity contribution in [2.45, 2.75) is 17.8 Å². The molecule has 2 amide bonds. The van der Waals surface area contributed by atoms with E-state index in [0.717, 1.165) is 4.88 Å². The lowest BCUT2D eigenvalue weighted by atomic mass is 10.0. The van der Waals surface area contributed by atoms with Crippen LogP contribution in [-0.2, 0) is 25.5 Å². The summed E-state index contributed by atoms with van der Waals surface area (Å²) in [5, 5.41) is 13.5.